The summed E-state index contributed by atoms with van der Waals surface area (Å²) >= 11 is 1.63. The molecule has 0 aliphatic carbocycles. The summed E-state index contributed by atoms with van der Waals surface area (Å²) in [5.74, 6) is 0. The van der Waals surface area contributed by atoms with Gasteiger partial charge in [-0.15, -0.1) is 0 Å². The van der Waals surface area contributed by atoms with Gasteiger partial charge in [0.25, 0.3) is 0 Å². The highest BCUT2D eigenvalue weighted by atomic mass is 32.2. The Balaban J connectivity index is 2.35. The van der Waals surface area contributed by atoms with E-state index in [9.17, 15) is 0 Å². The third-order valence-electron chi connectivity index (χ3n) is 4.38. The molecule has 1 N–H and O–H groups in total. The van der Waals surface area contributed by atoms with E-state index in [0.717, 1.165) is 5.46 Å². The van der Waals surface area contributed by atoms with Crippen LogP contribution in [0.4, 0.5) is 0 Å². The molecule has 0 aromatic heterocycles. The van der Waals surface area contributed by atoms with Crippen molar-refractivity contribution < 1.29 is 9.31 Å². The number of nitrogens with one attached hydrogen (secondary N) is 1. The smallest absolute Gasteiger partial charge is 0.399 e. The first kappa shape index (κ1) is 15.9. The zero-order valence-corrected chi connectivity index (χ0v) is 14.3. The Morgan fingerprint density at radius 1 is 1.05 bits per heavy atom. The van der Waals surface area contributed by atoms with Crippen LogP contribution in [-0.4, -0.2) is 25.4 Å². The van der Waals surface area contributed by atoms with Gasteiger partial charge in [-0.05, 0) is 83.2 Å². The summed E-state index contributed by atoms with van der Waals surface area (Å²) in [4.78, 5) is 1.22. The van der Waals surface area contributed by atoms with E-state index >= 15 is 0 Å². The van der Waals surface area contributed by atoms with Gasteiger partial charge in [0.1, 0.15) is 0 Å². The monoisotopic (exact) mass is 293 g/mol. The molecule has 3 nitrogen and oxygen atoms in total. The Morgan fingerprint density at radius 3 is 2.10 bits per heavy atom. The van der Waals surface area contributed by atoms with Crippen molar-refractivity contribution in [2.45, 2.75) is 57.6 Å². The minimum absolute atomic E-state index is 0.296. The molecule has 0 unspecified atom stereocenters. The summed E-state index contributed by atoms with van der Waals surface area (Å²) in [5, 5.41) is 0. The van der Waals surface area contributed by atoms with Gasteiger partial charge in [-0.25, -0.2) is 0 Å². The van der Waals surface area contributed by atoms with Gasteiger partial charge in [0.2, 0.25) is 0 Å². The van der Waals surface area contributed by atoms with Crippen molar-refractivity contribution in [2.75, 3.05) is 7.05 Å². The zero-order chi connectivity index (χ0) is 15.1. The molecular formula is C15H24BNO2S. The predicted octanol–water partition coefficient (Wildman–Crippen LogP) is 2.83. The summed E-state index contributed by atoms with van der Waals surface area (Å²) in [7, 11) is 1.64. The molecule has 1 fully saturated rings. The molecule has 1 aromatic carbocycles. The van der Waals surface area contributed by atoms with Crippen LogP contribution in [-0.2, 0) is 9.31 Å². The maximum atomic E-state index is 6.13. The average molecular weight is 293 g/mol. The predicted molar refractivity (Wildman–Crippen MR) is 86.5 cm³/mol. The van der Waals surface area contributed by atoms with Gasteiger partial charge in [-0.2, -0.15) is 0 Å². The van der Waals surface area contributed by atoms with Crippen molar-refractivity contribution in [1.29, 1.82) is 0 Å². The molecule has 0 amide bonds. The highest BCUT2D eigenvalue weighted by molar-refractivity contribution is 7.97. The van der Waals surface area contributed by atoms with Crippen LogP contribution in [0.2, 0.25) is 0 Å². The molecule has 110 valence electrons. The van der Waals surface area contributed by atoms with Crippen LogP contribution in [0.5, 0.6) is 0 Å². The van der Waals surface area contributed by atoms with Crippen molar-refractivity contribution in [3.8, 4) is 0 Å². The first-order chi connectivity index (χ1) is 9.18. The van der Waals surface area contributed by atoms with Crippen molar-refractivity contribution in [1.82, 2.24) is 4.72 Å². The van der Waals surface area contributed by atoms with Gasteiger partial charge in [0.05, 0.1) is 11.2 Å². The molecule has 1 heterocycles. The van der Waals surface area contributed by atoms with Gasteiger partial charge in [0.15, 0.2) is 0 Å². The van der Waals surface area contributed by atoms with E-state index < -0.39 is 0 Å². The number of benzene rings is 1. The van der Waals surface area contributed by atoms with Gasteiger partial charge >= 0.3 is 7.12 Å². The van der Waals surface area contributed by atoms with Gasteiger partial charge < -0.3 is 9.31 Å². The first-order valence-corrected chi connectivity index (χ1v) is 7.80. The van der Waals surface area contributed by atoms with Crippen molar-refractivity contribution in [3.05, 3.63) is 23.3 Å². The van der Waals surface area contributed by atoms with E-state index in [1.54, 1.807) is 11.9 Å². The van der Waals surface area contributed by atoms with Crippen molar-refractivity contribution in [2.24, 2.45) is 0 Å². The van der Waals surface area contributed by atoms with Crippen LogP contribution < -0.4 is 10.2 Å². The maximum absolute atomic E-state index is 6.13. The molecule has 2 rings (SSSR count). The minimum Gasteiger partial charge on any atom is -0.399 e. The van der Waals surface area contributed by atoms with Crippen LogP contribution in [0.15, 0.2) is 17.0 Å². The summed E-state index contributed by atoms with van der Waals surface area (Å²) in [6.07, 6.45) is 0. The second kappa shape index (κ2) is 5.37. The second-order valence-corrected chi connectivity index (χ2v) is 7.41. The van der Waals surface area contributed by atoms with Crippen molar-refractivity contribution in [3.63, 3.8) is 0 Å². The number of rotatable bonds is 3. The molecule has 1 aromatic rings. The average Bonchev–Trinajstić information content (AvgIpc) is 2.54. The Hall–Kier alpha value is -0.485. The molecule has 1 saturated heterocycles. The highest BCUT2D eigenvalue weighted by Gasteiger charge is 2.51. The summed E-state index contributed by atoms with van der Waals surface area (Å²) in [6.45, 7) is 12.6. The largest absolute Gasteiger partial charge is 0.494 e. The van der Waals surface area contributed by atoms with Crippen LogP contribution in [0.1, 0.15) is 38.8 Å². The fourth-order valence-corrected chi connectivity index (χ4v) is 2.91. The van der Waals surface area contributed by atoms with Gasteiger partial charge in [0, 0.05) is 4.90 Å². The third kappa shape index (κ3) is 2.77. The minimum atomic E-state index is -0.299. The lowest BCUT2D eigenvalue weighted by Crippen LogP contribution is -2.41. The Bertz CT molecular complexity index is 501. The van der Waals surface area contributed by atoms with Crippen LogP contribution >= 0.6 is 11.9 Å². The third-order valence-corrected chi connectivity index (χ3v) is 5.23. The normalized spacial score (nSPS) is 20.4. The maximum Gasteiger partial charge on any atom is 0.494 e. The first-order valence-electron chi connectivity index (χ1n) is 6.98. The van der Waals surface area contributed by atoms with Crippen molar-refractivity contribution >= 4 is 24.5 Å². The lowest BCUT2D eigenvalue weighted by Gasteiger charge is -2.32. The molecule has 5 heteroatoms. The molecular weight excluding hydrogens is 269 g/mol. The summed E-state index contributed by atoms with van der Waals surface area (Å²) in [5.41, 5.74) is 3.04. The number of hydrogen-bond acceptors (Lipinski definition) is 4. The SMILES string of the molecule is CNSc1cc(B2OC(C)(C)C(C)(C)O2)cc(C)c1C. The van der Waals surface area contributed by atoms with Gasteiger partial charge in [-0.1, -0.05) is 6.07 Å². The highest BCUT2D eigenvalue weighted by Crippen LogP contribution is 2.36. The van der Waals surface area contributed by atoms with Crippen LogP contribution in [0.25, 0.3) is 0 Å². The molecule has 1 aliphatic rings. The molecule has 1 aliphatic heterocycles. The summed E-state index contributed by atoms with van der Waals surface area (Å²) < 4.78 is 15.4. The van der Waals surface area contributed by atoms with E-state index in [2.05, 4.69) is 58.4 Å². The molecule has 0 saturated carbocycles. The topological polar surface area (TPSA) is 30.5 Å². The molecule has 20 heavy (non-hydrogen) atoms. The van der Waals surface area contributed by atoms with Crippen LogP contribution in [0, 0.1) is 13.8 Å². The van der Waals surface area contributed by atoms with E-state index in [-0.39, 0.29) is 18.3 Å². The molecule has 0 spiro atoms. The van der Waals surface area contributed by atoms with E-state index in [1.807, 2.05) is 7.05 Å². The Kier molecular flexibility index (Phi) is 4.27. The lowest BCUT2D eigenvalue weighted by atomic mass is 9.78. The summed E-state index contributed by atoms with van der Waals surface area (Å²) in [6, 6.07) is 4.32. The molecule has 0 atom stereocenters. The number of hydrogen-bond donors (Lipinski definition) is 1. The van der Waals surface area contributed by atoms with Crippen LogP contribution in [0.3, 0.4) is 0 Å². The molecule has 0 bridgehead atoms. The van der Waals surface area contributed by atoms with E-state index in [1.165, 1.54) is 16.0 Å². The van der Waals surface area contributed by atoms with E-state index in [0.29, 0.717) is 0 Å². The number of aryl methyl sites for hydroxylation is 1. The zero-order valence-electron chi connectivity index (χ0n) is 13.5. The fourth-order valence-electron chi connectivity index (χ4n) is 2.19. The fraction of sp³-hybridized carbons (Fsp3) is 0.600. The Labute approximate surface area is 127 Å². The second-order valence-electron chi connectivity index (χ2n) is 6.36. The van der Waals surface area contributed by atoms with E-state index in [4.69, 9.17) is 9.31 Å². The van der Waals surface area contributed by atoms with Gasteiger partial charge in [-0.3, -0.25) is 4.72 Å². The quantitative estimate of drug-likeness (QED) is 0.686. The molecule has 0 radical (unpaired) electrons. The lowest BCUT2D eigenvalue weighted by molar-refractivity contribution is 0.00578. The standard InChI is InChI=1S/C15H24BNO2S/c1-10-8-12(9-13(11(10)2)20-17-7)16-18-14(3,4)15(5,6)19-16/h8-9,17H,1-7H3. The Morgan fingerprint density at radius 2 is 1.60 bits per heavy atom.